The van der Waals surface area contributed by atoms with Crippen molar-refractivity contribution >= 4 is 17.0 Å². The molecule has 2 heterocycles. The number of Topliss-reactive ketones (excluding diaryl/α,β-unsaturated/α-hetero) is 1. The van der Waals surface area contributed by atoms with Gasteiger partial charge >= 0.3 is 0 Å². The lowest BCUT2D eigenvalue weighted by atomic mass is 9.91. The SMILES string of the molecule is O=C(CN1C[C@@H]2CC(O)(Cc3ccccc3)C[C@@H]2C1)c1ccc(CNS(=O)O)cn1. The van der Waals surface area contributed by atoms with Gasteiger partial charge in [0.1, 0.15) is 5.69 Å². The van der Waals surface area contributed by atoms with Gasteiger partial charge in [0.2, 0.25) is 11.3 Å². The maximum Gasteiger partial charge on any atom is 0.232 e. The zero-order valence-corrected chi connectivity index (χ0v) is 17.6. The molecule has 0 radical (unpaired) electrons. The number of aliphatic hydroxyl groups is 1. The van der Waals surface area contributed by atoms with Crippen molar-refractivity contribution in [1.29, 1.82) is 0 Å². The van der Waals surface area contributed by atoms with E-state index in [0.29, 0.717) is 30.5 Å². The highest BCUT2D eigenvalue weighted by Gasteiger charge is 2.48. The molecule has 4 rings (SSSR count). The number of ketones is 1. The van der Waals surface area contributed by atoms with Crippen LogP contribution in [0, 0.1) is 11.8 Å². The molecule has 8 heteroatoms. The van der Waals surface area contributed by atoms with Crippen LogP contribution in [0.5, 0.6) is 0 Å². The van der Waals surface area contributed by atoms with Gasteiger partial charge in [-0.1, -0.05) is 36.4 Å². The number of hydrogen-bond acceptors (Lipinski definition) is 5. The lowest BCUT2D eigenvalue weighted by molar-refractivity contribution is 0.0355. The number of likely N-dealkylation sites (tertiary alicyclic amines) is 1. The summed E-state index contributed by atoms with van der Waals surface area (Å²) in [5.41, 5.74) is 1.67. The van der Waals surface area contributed by atoms with Crippen LogP contribution >= 0.6 is 0 Å². The fourth-order valence-electron chi connectivity index (χ4n) is 4.93. The summed E-state index contributed by atoms with van der Waals surface area (Å²) in [4.78, 5) is 19.0. The molecule has 0 bridgehead atoms. The molecule has 2 fully saturated rings. The van der Waals surface area contributed by atoms with E-state index in [0.717, 1.165) is 31.5 Å². The minimum atomic E-state index is -2.07. The molecule has 0 amide bonds. The Morgan fingerprint density at radius 2 is 1.83 bits per heavy atom. The van der Waals surface area contributed by atoms with Gasteiger partial charge in [-0.2, -0.15) is 0 Å². The van der Waals surface area contributed by atoms with E-state index in [1.165, 1.54) is 5.56 Å². The minimum absolute atomic E-state index is 0.0280. The molecule has 1 aliphatic heterocycles. The standard InChI is InChI=1S/C22H27N3O4S/c26-21(20-7-6-17(11-23-20)12-24-30(28)29)15-25-13-18-9-22(27,10-19(18)14-25)8-16-4-2-1-3-5-16/h1-7,11,18-19,24,27H,8-10,12-15H2,(H,28,29)/t18-,19+,22?. The van der Waals surface area contributed by atoms with Crippen LogP contribution in [0.4, 0.5) is 0 Å². The Balaban J connectivity index is 1.28. The average molecular weight is 430 g/mol. The number of nitrogens with zero attached hydrogens (tertiary/aromatic N) is 2. The lowest BCUT2D eigenvalue weighted by Gasteiger charge is -2.26. The average Bonchev–Trinajstić information content (AvgIpc) is 3.21. The first-order valence-electron chi connectivity index (χ1n) is 10.2. The van der Waals surface area contributed by atoms with Crippen molar-refractivity contribution in [1.82, 2.24) is 14.6 Å². The van der Waals surface area contributed by atoms with Crippen molar-refractivity contribution in [2.24, 2.45) is 11.8 Å². The first-order valence-corrected chi connectivity index (χ1v) is 11.3. The summed E-state index contributed by atoms with van der Waals surface area (Å²) in [5.74, 6) is 0.819. The number of carbonyl (C=O) groups is 1. The molecule has 2 aromatic rings. The van der Waals surface area contributed by atoms with Gasteiger partial charge in [-0.05, 0) is 41.9 Å². The first-order chi connectivity index (χ1) is 14.4. The molecule has 1 aromatic carbocycles. The third-order valence-electron chi connectivity index (χ3n) is 6.19. The zero-order valence-electron chi connectivity index (χ0n) is 16.7. The third kappa shape index (κ3) is 5.19. The molecular weight excluding hydrogens is 402 g/mol. The molecule has 2 unspecified atom stereocenters. The van der Waals surface area contributed by atoms with Gasteiger partial charge in [0.25, 0.3) is 0 Å². The molecule has 1 saturated heterocycles. The third-order valence-corrected chi connectivity index (χ3v) is 6.58. The summed E-state index contributed by atoms with van der Waals surface area (Å²) >= 11 is -2.07. The van der Waals surface area contributed by atoms with E-state index in [2.05, 4.69) is 26.7 Å². The summed E-state index contributed by atoms with van der Waals surface area (Å²) in [6.45, 7) is 2.21. The van der Waals surface area contributed by atoms with Crippen molar-refractivity contribution in [3.05, 3.63) is 65.5 Å². The number of rotatable bonds is 8. The molecule has 4 atom stereocenters. The molecule has 7 nitrogen and oxygen atoms in total. The van der Waals surface area contributed by atoms with Gasteiger partial charge in [0, 0.05) is 32.3 Å². The second-order valence-corrected chi connectivity index (χ2v) is 9.34. The molecule has 1 aromatic heterocycles. The quantitative estimate of drug-likeness (QED) is 0.437. The Morgan fingerprint density at radius 1 is 1.13 bits per heavy atom. The minimum Gasteiger partial charge on any atom is -0.390 e. The van der Waals surface area contributed by atoms with Crippen LogP contribution in [-0.4, -0.2) is 54.8 Å². The predicted molar refractivity (Wildman–Crippen MR) is 114 cm³/mol. The number of hydrogen-bond donors (Lipinski definition) is 3. The molecule has 1 saturated carbocycles. The zero-order chi connectivity index (χ0) is 21.1. The van der Waals surface area contributed by atoms with Crippen LogP contribution < -0.4 is 4.72 Å². The van der Waals surface area contributed by atoms with E-state index >= 15 is 0 Å². The maximum atomic E-state index is 12.6. The van der Waals surface area contributed by atoms with Crippen molar-refractivity contribution < 1.29 is 18.7 Å². The van der Waals surface area contributed by atoms with Gasteiger partial charge in [-0.15, -0.1) is 0 Å². The van der Waals surface area contributed by atoms with Crippen LogP contribution in [0.2, 0.25) is 0 Å². The fraction of sp³-hybridized carbons (Fsp3) is 0.455. The molecule has 0 spiro atoms. The highest BCUT2D eigenvalue weighted by Crippen LogP contribution is 2.45. The molecule has 1 aliphatic carbocycles. The molecule has 3 N–H and O–H groups in total. The summed E-state index contributed by atoms with van der Waals surface area (Å²) in [7, 11) is 0. The predicted octanol–water partition coefficient (Wildman–Crippen LogP) is 1.81. The van der Waals surface area contributed by atoms with Gasteiger partial charge in [-0.25, -0.2) is 8.93 Å². The Kier molecular flexibility index (Phi) is 6.40. The monoisotopic (exact) mass is 429 g/mol. The van der Waals surface area contributed by atoms with Crippen LogP contribution in [-0.2, 0) is 24.2 Å². The van der Waals surface area contributed by atoms with E-state index < -0.39 is 16.9 Å². The van der Waals surface area contributed by atoms with Gasteiger partial charge in [0.15, 0.2) is 5.78 Å². The van der Waals surface area contributed by atoms with E-state index in [1.807, 2.05) is 18.2 Å². The smallest absolute Gasteiger partial charge is 0.232 e. The number of benzene rings is 1. The number of carbonyl (C=O) groups excluding carboxylic acids is 1. The molecule has 30 heavy (non-hydrogen) atoms. The van der Waals surface area contributed by atoms with Gasteiger partial charge in [-0.3, -0.25) is 19.2 Å². The summed E-state index contributed by atoms with van der Waals surface area (Å²) in [5, 5.41) is 11.1. The van der Waals surface area contributed by atoms with Gasteiger partial charge < -0.3 is 5.11 Å². The number of aromatic nitrogens is 1. The largest absolute Gasteiger partial charge is 0.390 e. The molecule has 160 valence electrons. The van der Waals surface area contributed by atoms with E-state index in [9.17, 15) is 14.1 Å². The van der Waals surface area contributed by atoms with Crippen molar-refractivity contribution in [3.8, 4) is 0 Å². The van der Waals surface area contributed by atoms with Crippen molar-refractivity contribution in [3.63, 3.8) is 0 Å². The summed E-state index contributed by atoms with van der Waals surface area (Å²) in [6, 6.07) is 13.5. The Hall–Kier alpha value is -1.97. The normalized spacial score (nSPS) is 27.1. The van der Waals surface area contributed by atoms with Gasteiger partial charge in [0.05, 0.1) is 12.1 Å². The first kappa shape index (κ1) is 21.3. The second-order valence-electron chi connectivity index (χ2n) is 8.55. The van der Waals surface area contributed by atoms with E-state index in [-0.39, 0.29) is 12.3 Å². The van der Waals surface area contributed by atoms with Crippen LogP contribution in [0.15, 0.2) is 48.7 Å². The summed E-state index contributed by atoms with van der Waals surface area (Å²) < 4.78 is 21.8. The Labute approximate surface area is 178 Å². The van der Waals surface area contributed by atoms with Crippen LogP contribution in [0.3, 0.4) is 0 Å². The highest BCUT2D eigenvalue weighted by atomic mass is 32.2. The number of nitrogens with one attached hydrogen (secondary N) is 1. The highest BCUT2D eigenvalue weighted by molar-refractivity contribution is 7.77. The second kappa shape index (κ2) is 9.03. The number of fused-ring (bicyclic) bond motifs is 1. The van der Waals surface area contributed by atoms with E-state index in [4.69, 9.17) is 4.55 Å². The Bertz CT molecular complexity index is 892. The van der Waals surface area contributed by atoms with Crippen molar-refractivity contribution in [2.45, 2.75) is 31.4 Å². The van der Waals surface area contributed by atoms with E-state index in [1.54, 1.807) is 18.3 Å². The molecular formula is C22H27N3O4S. The van der Waals surface area contributed by atoms with Crippen molar-refractivity contribution in [2.75, 3.05) is 19.6 Å². The van der Waals surface area contributed by atoms with Crippen LogP contribution in [0.1, 0.15) is 34.5 Å². The maximum absolute atomic E-state index is 12.6. The Morgan fingerprint density at radius 3 is 2.43 bits per heavy atom. The topological polar surface area (TPSA) is 103 Å². The molecule has 2 aliphatic rings. The number of pyridine rings is 1. The fourth-order valence-corrected chi connectivity index (χ4v) is 5.22. The van der Waals surface area contributed by atoms with Crippen LogP contribution in [0.25, 0.3) is 0 Å². The summed E-state index contributed by atoms with van der Waals surface area (Å²) in [6.07, 6.45) is 3.80. The lowest BCUT2D eigenvalue weighted by Crippen LogP contribution is -2.34.